The van der Waals surface area contributed by atoms with E-state index in [0.29, 0.717) is 23.4 Å². The third-order valence-electron chi connectivity index (χ3n) is 4.74. The number of nitrogens with zero attached hydrogens (tertiary/aromatic N) is 2. The summed E-state index contributed by atoms with van der Waals surface area (Å²) in [5.74, 6) is -0.771. The fourth-order valence-electron chi connectivity index (χ4n) is 3.31. The van der Waals surface area contributed by atoms with E-state index in [1.54, 1.807) is 37.4 Å². The molecule has 0 N–H and O–H groups in total. The Morgan fingerprint density at radius 1 is 1.03 bits per heavy atom. The molecule has 0 saturated heterocycles. The predicted molar refractivity (Wildman–Crippen MR) is 116 cm³/mol. The van der Waals surface area contributed by atoms with Crippen molar-refractivity contribution >= 4 is 23.8 Å². The van der Waals surface area contributed by atoms with Gasteiger partial charge in [-0.3, -0.25) is 4.99 Å². The molecule has 0 radical (unpaired) electrons. The summed E-state index contributed by atoms with van der Waals surface area (Å²) in [7, 11) is 1.35. The highest BCUT2D eigenvalue weighted by Crippen LogP contribution is 2.23. The minimum absolute atomic E-state index is 0.332. The summed E-state index contributed by atoms with van der Waals surface area (Å²) in [6.45, 7) is 6.09. The van der Waals surface area contributed by atoms with E-state index in [1.165, 1.54) is 7.11 Å². The van der Waals surface area contributed by atoms with Crippen LogP contribution in [0.4, 0.5) is 5.69 Å². The van der Waals surface area contributed by atoms with E-state index in [2.05, 4.69) is 9.56 Å². The van der Waals surface area contributed by atoms with Gasteiger partial charge < -0.3 is 14.0 Å². The van der Waals surface area contributed by atoms with Gasteiger partial charge in [0.05, 0.1) is 30.5 Å². The maximum atomic E-state index is 12.1. The first-order valence-corrected chi connectivity index (χ1v) is 9.64. The van der Waals surface area contributed by atoms with Crippen LogP contribution in [-0.2, 0) is 9.47 Å². The highest BCUT2D eigenvalue weighted by Gasteiger charge is 2.14. The lowest BCUT2D eigenvalue weighted by Gasteiger charge is -2.11. The quantitative estimate of drug-likeness (QED) is 0.437. The van der Waals surface area contributed by atoms with Crippen LogP contribution in [0.15, 0.2) is 59.6 Å². The minimum Gasteiger partial charge on any atom is -0.465 e. The lowest BCUT2D eigenvalue weighted by atomic mass is 10.2. The van der Waals surface area contributed by atoms with Crippen LogP contribution >= 0.6 is 0 Å². The molecule has 6 nitrogen and oxygen atoms in total. The molecular weight excluding hydrogens is 380 g/mol. The second-order valence-electron chi connectivity index (χ2n) is 6.70. The number of carbonyl (C=O) groups is 2. The molecule has 0 aliphatic heterocycles. The van der Waals surface area contributed by atoms with Crippen LogP contribution in [0.25, 0.3) is 5.69 Å². The molecule has 3 rings (SSSR count). The fourth-order valence-corrected chi connectivity index (χ4v) is 3.31. The molecule has 0 amide bonds. The Hall–Kier alpha value is -3.67. The monoisotopic (exact) mass is 404 g/mol. The van der Waals surface area contributed by atoms with Crippen molar-refractivity contribution in [3.63, 3.8) is 0 Å². The maximum absolute atomic E-state index is 12.1. The Morgan fingerprint density at radius 2 is 1.80 bits per heavy atom. The van der Waals surface area contributed by atoms with Crippen LogP contribution < -0.4 is 0 Å². The molecule has 0 spiro atoms. The molecule has 0 unspecified atom stereocenters. The first kappa shape index (κ1) is 21.0. The molecular formula is C24H24N2O4. The van der Waals surface area contributed by atoms with Crippen LogP contribution in [0.3, 0.4) is 0 Å². The van der Waals surface area contributed by atoms with E-state index in [4.69, 9.17) is 9.47 Å². The molecule has 0 fully saturated rings. The Labute approximate surface area is 175 Å². The van der Waals surface area contributed by atoms with Crippen molar-refractivity contribution < 1.29 is 19.1 Å². The van der Waals surface area contributed by atoms with E-state index in [-0.39, 0.29) is 5.97 Å². The minimum atomic E-state index is -0.427. The number of para-hydroxylation sites is 1. The second kappa shape index (κ2) is 9.22. The number of aryl methyl sites for hydroxylation is 1. The van der Waals surface area contributed by atoms with E-state index < -0.39 is 5.97 Å². The van der Waals surface area contributed by atoms with Crippen molar-refractivity contribution in [3.05, 3.63) is 82.7 Å². The highest BCUT2D eigenvalue weighted by atomic mass is 16.5. The van der Waals surface area contributed by atoms with Gasteiger partial charge in [0, 0.05) is 28.9 Å². The number of ether oxygens (including phenoxy) is 2. The summed E-state index contributed by atoms with van der Waals surface area (Å²) in [6, 6.07) is 16.4. The zero-order chi connectivity index (χ0) is 21.7. The number of esters is 2. The van der Waals surface area contributed by atoms with Crippen LogP contribution in [0.1, 0.15) is 44.6 Å². The smallest absolute Gasteiger partial charge is 0.340 e. The molecule has 0 atom stereocenters. The zero-order valence-electron chi connectivity index (χ0n) is 17.5. The second-order valence-corrected chi connectivity index (χ2v) is 6.70. The van der Waals surface area contributed by atoms with Gasteiger partial charge in [0.25, 0.3) is 0 Å². The zero-order valence-corrected chi connectivity index (χ0v) is 17.5. The first-order valence-electron chi connectivity index (χ1n) is 9.64. The number of aromatic nitrogens is 1. The van der Waals surface area contributed by atoms with Crippen molar-refractivity contribution in [2.75, 3.05) is 13.7 Å². The van der Waals surface area contributed by atoms with Crippen LogP contribution in [0, 0.1) is 13.8 Å². The van der Waals surface area contributed by atoms with E-state index >= 15 is 0 Å². The standard InChI is InChI=1S/C24H24N2O4/c1-5-30-23(27)18-9-8-10-20(14-18)26-16(2)13-19(17(26)3)15-25-22-12-7-6-11-21(22)24(28)29-4/h6-15H,5H2,1-4H3. The molecule has 3 aromatic rings. The van der Waals surface area contributed by atoms with Crippen LogP contribution in [0.2, 0.25) is 0 Å². The number of rotatable bonds is 6. The number of carbonyl (C=O) groups excluding carboxylic acids is 2. The van der Waals surface area contributed by atoms with Crippen molar-refractivity contribution in [2.45, 2.75) is 20.8 Å². The molecule has 0 aliphatic carbocycles. The molecule has 154 valence electrons. The molecule has 0 aliphatic rings. The van der Waals surface area contributed by atoms with Gasteiger partial charge in [0.1, 0.15) is 0 Å². The first-order chi connectivity index (χ1) is 14.5. The van der Waals surface area contributed by atoms with E-state index in [1.807, 2.05) is 44.2 Å². The lowest BCUT2D eigenvalue weighted by molar-refractivity contribution is 0.0525. The molecule has 2 aromatic carbocycles. The average Bonchev–Trinajstić information content (AvgIpc) is 3.05. The maximum Gasteiger partial charge on any atom is 0.340 e. The van der Waals surface area contributed by atoms with Crippen molar-refractivity contribution in [3.8, 4) is 5.69 Å². The molecule has 1 aromatic heterocycles. The highest BCUT2D eigenvalue weighted by molar-refractivity contribution is 5.96. The number of aliphatic imine (C=N–C) groups is 1. The number of methoxy groups -OCH3 is 1. The van der Waals surface area contributed by atoms with Gasteiger partial charge in [-0.25, -0.2) is 9.59 Å². The normalized spacial score (nSPS) is 10.9. The molecule has 6 heteroatoms. The third-order valence-corrected chi connectivity index (χ3v) is 4.74. The molecule has 0 saturated carbocycles. The predicted octanol–water partition coefficient (Wildman–Crippen LogP) is 4.81. The van der Waals surface area contributed by atoms with Gasteiger partial charge in [-0.05, 0) is 57.2 Å². The number of benzene rings is 2. The van der Waals surface area contributed by atoms with Gasteiger partial charge >= 0.3 is 11.9 Å². The summed E-state index contributed by atoms with van der Waals surface area (Å²) in [4.78, 5) is 28.5. The number of hydrogen-bond acceptors (Lipinski definition) is 5. The third kappa shape index (κ3) is 4.33. The fraction of sp³-hybridized carbons (Fsp3) is 0.208. The van der Waals surface area contributed by atoms with Crippen molar-refractivity contribution in [1.82, 2.24) is 4.57 Å². The van der Waals surface area contributed by atoms with Gasteiger partial charge in [-0.1, -0.05) is 18.2 Å². The van der Waals surface area contributed by atoms with Gasteiger partial charge in [0.15, 0.2) is 0 Å². The SMILES string of the molecule is CCOC(=O)c1cccc(-n2c(C)cc(C=Nc3ccccc3C(=O)OC)c2C)c1. The topological polar surface area (TPSA) is 69.9 Å². The van der Waals surface area contributed by atoms with Gasteiger partial charge in [0.2, 0.25) is 0 Å². The molecule has 0 bridgehead atoms. The van der Waals surface area contributed by atoms with E-state index in [0.717, 1.165) is 22.6 Å². The summed E-state index contributed by atoms with van der Waals surface area (Å²) >= 11 is 0. The Morgan fingerprint density at radius 3 is 2.53 bits per heavy atom. The largest absolute Gasteiger partial charge is 0.465 e. The number of hydrogen-bond donors (Lipinski definition) is 0. The molecule has 1 heterocycles. The molecule has 30 heavy (non-hydrogen) atoms. The average molecular weight is 404 g/mol. The van der Waals surface area contributed by atoms with Crippen LogP contribution in [-0.4, -0.2) is 36.4 Å². The van der Waals surface area contributed by atoms with Gasteiger partial charge in [-0.2, -0.15) is 0 Å². The Kier molecular flexibility index (Phi) is 6.47. The summed E-state index contributed by atoms with van der Waals surface area (Å²) in [5, 5.41) is 0. The Bertz CT molecular complexity index is 1110. The summed E-state index contributed by atoms with van der Waals surface area (Å²) in [5.41, 5.74) is 5.19. The van der Waals surface area contributed by atoms with Gasteiger partial charge in [-0.15, -0.1) is 0 Å². The summed E-state index contributed by atoms with van der Waals surface area (Å²) in [6.07, 6.45) is 1.73. The Balaban J connectivity index is 1.96. The lowest BCUT2D eigenvalue weighted by Crippen LogP contribution is -2.06. The summed E-state index contributed by atoms with van der Waals surface area (Å²) < 4.78 is 12.0. The van der Waals surface area contributed by atoms with E-state index in [9.17, 15) is 9.59 Å². The van der Waals surface area contributed by atoms with Crippen molar-refractivity contribution in [2.24, 2.45) is 4.99 Å². The van der Waals surface area contributed by atoms with Crippen molar-refractivity contribution in [1.29, 1.82) is 0 Å². The van der Waals surface area contributed by atoms with Crippen LogP contribution in [0.5, 0.6) is 0 Å².